The van der Waals surface area contributed by atoms with E-state index in [9.17, 15) is 14.4 Å². The molecule has 2 fully saturated rings. The van der Waals surface area contributed by atoms with Crippen molar-refractivity contribution in [3.05, 3.63) is 83.8 Å². The topological polar surface area (TPSA) is 94.9 Å². The second-order valence-electron chi connectivity index (χ2n) is 9.42. The Morgan fingerprint density at radius 3 is 2.56 bits per heavy atom. The van der Waals surface area contributed by atoms with E-state index in [0.29, 0.717) is 43.3 Å². The van der Waals surface area contributed by atoms with E-state index in [0.717, 1.165) is 36.3 Å². The van der Waals surface area contributed by atoms with E-state index >= 15 is 0 Å². The molecule has 0 spiro atoms. The van der Waals surface area contributed by atoms with Crippen LogP contribution >= 0.6 is 0 Å². The Morgan fingerprint density at radius 1 is 1.03 bits per heavy atom. The molecule has 2 aliphatic rings. The minimum Gasteiger partial charge on any atom is -0.468 e. The monoisotopic (exact) mass is 486 g/mol. The minimum atomic E-state index is -0.160. The lowest BCUT2D eigenvalue weighted by atomic mass is 10.1. The molecule has 186 valence electrons. The molecule has 1 aliphatic heterocycles. The number of hydrogen-bond donors (Lipinski definition) is 2. The molecule has 8 heteroatoms. The maximum Gasteiger partial charge on any atom is 0.251 e. The number of rotatable bonds is 10. The number of hydrogen-bond acceptors (Lipinski definition) is 5. The zero-order valence-corrected chi connectivity index (χ0v) is 20.1. The van der Waals surface area contributed by atoms with Crippen molar-refractivity contribution in [1.82, 2.24) is 10.2 Å². The number of nitrogens with one attached hydrogen (secondary N) is 2. The third-order valence-corrected chi connectivity index (χ3v) is 6.38. The first kappa shape index (κ1) is 23.8. The van der Waals surface area contributed by atoms with Crippen LogP contribution in [0.5, 0.6) is 0 Å². The third-order valence-electron chi connectivity index (χ3n) is 6.38. The lowest BCUT2D eigenvalue weighted by molar-refractivity contribution is -0.118. The fourth-order valence-electron chi connectivity index (χ4n) is 4.38. The largest absolute Gasteiger partial charge is 0.468 e. The molecular formula is C28H30N4O4. The maximum atomic E-state index is 13.0. The van der Waals surface area contributed by atoms with Crippen molar-refractivity contribution in [2.75, 3.05) is 23.3 Å². The predicted octanol–water partition coefficient (Wildman–Crippen LogP) is 3.94. The first-order chi connectivity index (χ1) is 17.5. The molecule has 1 aliphatic carbocycles. The zero-order valence-electron chi connectivity index (χ0n) is 20.1. The number of furan rings is 1. The lowest BCUT2D eigenvalue weighted by Gasteiger charge is -2.21. The van der Waals surface area contributed by atoms with E-state index in [4.69, 9.17) is 4.42 Å². The van der Waals surface area contributed by atoms with Gasteiger partial charge in [0.1, 0.15) is 5.76 Å². The van der Waals surface area contributed by atoms with Gasteiger partial charge in [0, 0.05) is 42.5 Å². The predicted molar refractivity (Wildman–Crippen MR) is 136 cm³/mol. The number of benzene rings is 2. The average Bonchev–Trinajstić information content (AvgIpc) is 3.33. The highest BCUT2D eigenvalue weighted by Crippen LogP contribution is 2.24. The van der Waals surface area contributed by atoms with Gasteiger partial charge < -0.3 is 20.0 Å². The van der Waals surface area contributed by atoms with Crippen molar-refractivity contribution in [2.45, 2.75) is 44.8 Å². The van der Waals surface area contributed by atoms with E-state index < -0.39 is 0 Å². The summed E-state index contributed by atoms with van der Waals surface area (Å²) in [5, 5.41) is 5.96. The Balaban J connectivity index is 1.23. The molecule has 5 rings (SSSR count). The molecule has 2 N–H and O–H groups in total. The number of anilines is 2. The van der Waals surface area contributed by atoms with Crippen LogP contribution in [0.1, 0.15) is 47.4 Å². The molecule has 0 radical (unpaired) electrons. The second kappa shape index (κ2) is 10.8. The van der Waals surface area contributed by atoms with E-state index in [1.54, 1.807) is 11.2 Å². The Morgan fingerprint density at radius 2 is 1.86 bits per heavy atom. The van der Waals surface area contributed by atoms with Gasteiger partial charge in [0.15, 0.2) is 0 Å². The van der Waals surface area contributed by atoms with Gasteiger partial charge in [-0.1, -0.05) is 18.2 Å². The van der Waals surface area contributed by atoms with Crippen LogP contribution in [0, 0.1) is 0 Å². The zero-order chi connectivity index (χ0) is 24.9. The van der Waals surface area contributed by atoms with Gasteiger partial charge in [0.2, 0.25) is 11.8 Å². The summed E-state index contributed by atoms with van der Waals surface area (Å²) in [7, 11) is 0. The van der Waals surface area contributed by atoms with Gasteiger partial charge in [-0.2, -0.15) is 0 Å². The Bertz CT molecular complexity index is 1220. The van der Waals surface area contributed by atoms with Crippen molar-refractivity contribution in [3.63, 3.8) is 0 Å². The molecule has 8 nitrogen and oxygen atoms in total. The third kappa shape index (κ3) is 6.20. The highest BCUT2D eigenvalue weighted by atomic mass is 16.3. The van der Waals surface area contributed by atoms with E-state index in [1.807, 2.05) is 65.6 Å². The number of amides is 3. The van der Waals surface area contributed by atoms with Crippen LogP contribution in [0.4, 0.5) is 11.4 Å². The quantitative estimate of drug-likeness (QED) is 0.453. The summed E-state index contributed by atoms with van der Waals surface area (Å²) in [6.07, 6.45) is 5.13. The molecule has 3 amide bonds. The van der Waals surface area contributed by atoms with Crippen molar-refractivity contribution in [1.29, 1.82) is 0 Å². The molecule has 2 aromatic carbocycles. The molecule has 1 aromatic heterocycles. The van der Waals surface area contributed by atoms with E-state index in [2.05, 4.69) is 10.6 Å². The van der Waals surface area contributed by atoms with E-state index in [1.165, 1.54) is 0 Å². The molecular weight excluding hydrogens is 456 g/mol. The minimum absolute atomic E-state index is 0.0475. The molecule has 2 heterocycles. The van der Waals surface area contributed by atoms with E-state index in [-0.39, 0.29) is 24.3 Å². The molecule has 3 aromatic rings. The van der Waals surface area contributed by atoms with Crippen LogP contribution in [0.3, 0.4) is 0 Å². The average molecular weight is 487 g/mol. The van der Waals surface area contributed by atoms with Crippen LogP contribution < -0.4 is 15.5 Å². The summed E-state index contributed by atoms with van der Waals surface area (Å²) < 4.78 is 5.51. The van der Waals surface area contributed by atoms with Crippen LogP contribution in [0.2, 0.25) is 0 Å². The summed E-state index contributed by atoms with van der Waals surface area (Å²) in [6, 6.07) is 18.9. The molecule has 0 atom stereocenters. The van der Waals surface area contributed by atoms with Crippen LogP contribution in [0.15, 0.2) is 71.3 Å². The van der Waals surface area contributed by atoms with Crippen LogP contribution in [0.25, 0.3) is 0 Å². The van der Waals surface area contributed by atoms with Gasteiger partial charge in [0.25, 0.3) is 5.91 Å². The SMILES string of the molecule is O=C(CN(Cc1ccc(C(=O)NC2CC2)cc1)Cc1ccco1)Nc1cccc(N2CCCC2=O)c1. The molecule has 0 bridgehead atoms. The highest BCUT2D eigenvalue weighted by molar-refractivity contribution is 5.97. The summed E-state index contributed by atoms with van der Waals surface area (Å²) in [5.41, 5.74) is 3.08. The van der Waals surface area contributed by atoms with Crippen molar-refractivity contribution < 1.29 is 18.8 Å². The summed E-state index contributed by atoms with van der Waals surface area (Å²) in [4.78, 5) is 41.1. The normalized spacial score (nSPS) is 15.4. The van der Waals surface area contributed by atoms with Crippen molar-refractivity contribution in [3.8, 4) is 0 Å². The van der Waals surface area contributed by atoms with Crippen molar-refractivity contribution >= 4 is 29.1 Å². The Labute approximate surface area is 210 Å². The summed E-state index contributed by atoms with van der Waals surface area (Å²) in [5.74, 6) is 0.664. The second-order valence-corrected chi connectivity index (χ2v) is 9.42. The summed E-state index contributed by atoms with van der Waals surface area (Å²) in [6.45, 7) is 1.83. The molecule has 36 heavy (non-hydrogen) atoms. The maximum absolute atomic E-state index is 13.0. The Kier molecular flexibility index (Phi) is 7.13. The molecule has 0 unspecified atom stereocenters. The van der Waals surface area contributed by atoms with Gasteiger partial charge in [0.05, 0.1) is 19.4 Å². The first-order valence-corrected chi connectivity index (χ1v) is 12.4. The van der Waals surface area contributed by atoms with Gasteiger partial charge in [-0.3, -0.25) is 19.3 Å². The van der Waals surface area contributed by atoms with Gasteiger partial charge in [-0.25, -0.2) is 0 Å². The number of nitrogens with zero attached hydrogens (tertiary/aromatic N) is 2. The fourth-order valence-corrected chi connectivity index (χ4v) is 4.38. The summed E-state index contributed by atoms with van der Waals surface area (Å²) >= 11 is 0. The fraction of sp³-hybridized carbons (Fsp3) is 0.321. The standard InChI is InChI=1S/C28H30N4O4/c33-26(29-23-4-1-5-24(16-23)32-14-2-7-27(32)34)19-31(18-25-6-3-15-36-25)17-20-8-10-21(11-9-20)28(35)30-22-12-13-22/h1,3-6,8-11,15-16,22H,2,7,12-14,17-19H2,(H,29,33)(H,30,35). The smallest absolute Gasteiger partial charge is 0.251 e. The number of carbonyl (C=O) groups is 3. The Hall–Kier alpha value is -3.91. The number of carbonyl (C=O) groups excluding carboxylic acids is 3. The van der Waals surface area contributed by atoms with Crippen molar-refractivity contribution in [2.24, 2.45) is 0 Å². The lowest BCUT2D eigenvalue weighted by Crippen LogP contribution is -2.32. The van der Waals surface area contributed by atoms with Gasteiger partial charge >= 0.3 is 0 Å². The van der Waals surface area contributed by atoms with Crippen LogP contribution in [-0.4, -0.2) is 41.8 Å². The first-order valence-electron chi connectivity index (χ1n) is 12.4. The molecule has 1 saturated heterocycles. The van der Waals surface area contributed by atoms with Gasteiger partial charge in [-0.05, 0) is 67.3 Å². The van der Waals surface area contributed by atoms with Gasteiger partial charge in [-0.15, -0.1) is 0 Å². The van der Waals surface area contributed by atoms with Crippen LogP contribution in [-0.2, 0) is 22.7 Å². The highest BCUT2D eigenvalue weighted by Gasteiger charge is 2.24. The molecule has 1 saturated carbocycles.